The number of aryl methyl sites for hydroxylation is 1. The molecule has 0 N–H and O–H groups in total. The number of nitrogens with zero attached hydrogens (tertiary/aromatic N) is 2. The van der Waals surface area contributed by atoms with E-state index in [0.717, 1.165) is 37.2 Å². The molecular formula is C28H22N2O3S. The number of rotatable bonds is 5. The molecule has 5 rings (SSSR count). The summed E-state index contributed by atoms with van der Waals surface area (Å²) in [5.41, 5.74) is 3.52. The third kappa shape index (κ3) is 3.93. The van der Waals surface area contributed by atoms with E-state index < -0.39 is 15.9 Å². The number of amides is 1. The number of anilines is 1. The highest BCUT2D eigenvalue weighted by atomic mass is 32.2. The number of aromatic nitrogens is 1. The maximum Gasteiger partial charge on any atom is 0.270 e. The van der Waals surface area contributed by atoms with E-state index in [4.69, 9.17) is 4.98 Å². The summed E-state index contributed by atoms with van der Waals surface area (Å²) in [6.07, 6.45) is -0.0937. The molecule has 0 saturated carbocycles. The summed E-state index contributed by atoms with van der Waals surface area (Å²) < 4.78 is 28.3. The van der Waals surface area contributed by atoms with Gasteiger partial charge in [-0.15, -0.1) is 0 Å². The molecule has 0 unspecified atom stereocenters. The number of fused-ring (bicyclic) bond motifs is 2. The molecule has 0 saturated heterocycles. The molecule has 5 nitrogen and oxygen atoms in total. The van der Waals surface area contributed by atoms with Crippen LogP contribution in [-0.4, -0.2) is 19.3 Å². The molecule has 0 spiro atoms. The van der Waals surface area contributed by atoms with Crippen LogP contribution in [0, 0.1) is 6.92 Å². The Labute approximate surface area is 198 Å². The molecule has 1 aromatic heterocycles. The first-order valence-electron chi connectivity index (χ1n) is 10.9. The average molecular weight is 467 g/mol. The van der Waals surface area contributed by atoms with E-state index in [-0.39, 0.29) is 11.3 Å². The van der Waals surface area contributed by atoms with Crippen LogP contribution in [0.1, 0.15) is 11.1 Å². The number of hydrogen-bond donors (Lipinski definition) is 0. The Bertz CT molecular complexity index is 1560. The predicted octanol–water partition coefficient (Wildman–Crippen LogP) is 5.66. The second-order valence-electron chi connectivity index (χ2n) is 8.11. The van der Waals surface area contributed by atoms with Gasteiger partial charge in [0.05, 0.1) is 28.0 Å². The van der Waals surface area contributed by atoms with Crippen molar-refractivity contribution in [1.29, 1.82) is 0 Å². The smallest absolute Gasteiger partial charge is 0.270 e. The van der Waals surface area contributed by atoms with Crippen molar-refractivity contribution in [3.05, 3.63) is 114 Å². The second kappa shape index (κ2) is 8.72. The van der Waals surface area contributed by atoms with Crippen LogP contribution >= 0.6 is 0 Å². The largest absolute Gasteiger partial charge is 0.273 e. The van der Waals surface area contributed by atoms with Crippen LogP contribution in [0.2, 0.25) is 0 Å². The van der Waals surface area contributed by atoms with Crippen molar-refractivity contribution < 1.29 is 13.2 Å². The number of carbonyl (C=O) groups excluding carboxylic acids is 1. The lowest BCUT2D eigenvalue weighted by Crippen LogP contribution is -2.38. The fourth-order valence-corrected chi connectivity index (χ4v) is 5.56. The maximum atomic E-state index is 13.8. The lowest BCUT2D eigenvalue weighted by atomic mass is 9.99. The van der Waals surface area contributed by atoms with Crippen molar-refractivity contribution in [2.45, 2.75) is 18.2 Å². The Hall–Kier alpha value is -4.03. The molecule has 1 amide bonds. The first-order chi connectivity index (χ1) is 16.4. The summed E-state index contributed by atoms with van der Waals surface area (Å²) in [6.45, 7) is 1.89. The van der Waals surface area contributed by atoms with Crippen molar-refractivity contribution in [2.75, 3.05) is 4.31 Å². The van der Waals surface area contributed by atoms with Gasteiger partial charge in [-0.05, 0) is 48.9 Å². The Kier molecular flexibility index (Phi) is 5.59. The van der Waals surface area contributed by atoms with Gasteiger partial charge in [0.15, 0.2) is 0 Å². The average Bonchev–Trinajstić information content (AvgIpc) is 2.85. The molecule has 0 aliphatic carbocycles. The van der Waals surface area contributed by atoms with Gasteiger partial charge in [-0.2, -0.15) is 0 Å². The Morgan fingerprint density at radius 3 is 1.85 bits per heavy atom. The Balaban J connectivity index is 1.66. The first kappa shape index (κ1) is 21.8. The molecule has 0 atom stereocenters. The van der Waals surface area contributed by atoms with Gasteiger partial charge >= 0.3 is 0 Å². The van der Waals surface area contributed by atoms with Gasteiger partial charge in [-0.1, -0.05) is 72.3 Å². The van der Waals surface area contributed by atoms with Gasteiger partial charge in [0, 0.05) is 10.8 Å². The molecular weight excluding hydrogens is 444 g/mol. The van der Waals surface area contributed by atoms with Gasteiger partial charge in [-0.3, -0.25) is 4.79 Å². The molecule has 0 bridgehead atoms. The van der Waals surface area contributed by atoms with Crippen LogP contribution in [-0.2, 0) is 21.2 Å². The Morgan fingerprint density at radius 1 is 0.735 bits per heavy atom. The zero-order valence-electron chi connectivity index (χ0n) is 18.5. The van der Waals surface area contributed by atoms with E-state index >= 15 is 0 Å². The molecule has 34 heavy (non-hydrogen) atoms. The fourth-order valence-electron chi connectivity index (χ4n) is 4.14. The molecule has 5 aromatic rings. The van der Waals surface area contributed by atoms with Crippen LogP contribution < -0.4 is 4.31 Å². The molecule has 0 fully saturated rings. The highest BCUT2D eigenvalue weighted by Gasteiger charge is 2.31. The molecule has 0 radical (unpaired) electrons. The van der Waals surface area contributed by atoms with E-state index in [1.807, 2.05) is 55.5 Å². The Morgan fingerprint density at radius 2 is 1.26 bits per heavy atom. The van der Waals surface area contributed by atoms with Crippen molar-refractivity contribution in [2.24, 2.45) is 0 Å². The number of carbonyl (C=O) groups is 1. The molecule has 1 heterocycles. The highest BCUT2D eigenvalue weighted by molar-refractivity contribution is 7.93. The summed E-state index contributed by atoms with van der Waals surface area (Å²) >= 11 is 0. The number of benzene rings is 4. The van der Waals surface area contributed by atoms with Gasteiger partial charge in [0.25, 0.3) is 10.0 Å². The van der Waals surface area contributed by atoms with Crippen LogP contribution in [0.15, 0.2) is 108 Å². The predicted molar refractivity (Wildman–Crippen MR) is 135 cm³/mol. The molecule has 168 valence electrons. The number of hydrogen-bond acceptors (Lipinski definition) is 4. The van der Waals surface area contributed by atoms with Crippen molar-refractivity contribution in [1.82, 2.24) is 4.98 Å². The third-order valence-corrected chi connectivity index (χ3v) is 7.57. The molecule has 0 aliphatic heterocycles. The minimum Gasteiger partial charge on any atom is -0.273 e. The summed E-state index contributed by atoms with van der Waals surface area (Å²) in [5.74, 6) is -0.534. The summed E-state index contributed by atoms with van der Waals surface area (Å²) in [7, 11) is -4.13. The second-order valence-corrected chi connectivity index (χ2v) is 9.90. The lowest BCUT2D eigenvalue weighted by molar-refractivity contribution is -0.116. The van der Waals surface area contributed by atoms with Gasteiger partial charge in [-0.25, -0.2) is 17.7 Å². The fraction of sp³-hybridized carbons (Fsp3) is 0.0714. The molecule has 6 heteroatoms. The van der Waals surface area contributed by atoms with Crippen LogP contribution in [0.5, 0.6) is 0 Å². The summed E-state index contributed by atoms with van der Waals surface area (Å²) in [5, 5.41) is 1.66. The third-order valence-electron chi connectivity index (χ3n) is 5.80. The molecule has 4 aromatic carbocycles. The SMILES string of the molecule is Cc1ccc(S(=O)(=O)N(C(=O)Cc2c3ccccc3nc3ccccc23)c2ccccc2)cc1. The van der Waals surface area contributed by atoms with E-state index in [2.05, 4.69) is 0 Å². The van der Waals surface area contributed by atoms with Gasteiger partial charge < -0.3 is 0 Å². The summed E-state index contributed by atoms with van der Waals surface area (Å²) in [4.78, 5) is 18.6. The number of para-hydroxylation sites is 3. The van der Waals surface area contributed by atoms with Crippen molar-refractivity contribution in [3.63, 3.8) is 0 Å². The number of pyridine rings is 1. The monoisotopic (exact) mass is 466 g/mol. The van der Waals surface area contributed by atoms with E-state index in [9.17, 15) is 13.2 Å². The maximum absolute atomic E-state index is 13.8. The minimum absolute atomic E-state index is 0.0692. The van der Waals surface area contributed by atoms with Gasteiger partial charge in [0.1, 0.15) is 0 Å². The van der Waals surface area contributed by atoms with Crippen LogP contribution in [0.3, 0.4) is 0 Å². The lowest BCUT2D eigenvalue weighted by Gasteiger charge is -2.23. The van der Waals surface area contributed by atoms with Crippen molar-refractivity contribution >= 4 is 43.4 Å². The standard InChI is InChI=1S/C28H22N2O3S/c1-20-15-17-22(18-16-20)34(32,33)30(21-9-3-2-4-10-21)28(31)19-25-23-11-5-7-13-26(23)29-27-14-8-6-12-24(25)27/h2-18H,19H2,1H3. The normalized spacial score (nSPS) is 11.6. The van der Waals surface area contributed by atoms with E-state index in [1.165, 1.54) is 12.1 Å². The zero-order chi connectivity index (χ0) is 23.7. The van der Waals surface area contributed by atoms with E-state index in [1.54, 1.807) is 42.5 Å². The zero-order valence-corrected chi connectivity index (χ0v) is 19.4. The van der Waals surface area contributed by atoms with E-state index in [0.29, 0.717) is 5.69 Å². The quantitative estimate of drug-likeness (QED) is 0.314. The summed E-state index contributed by atoms with van der Waals surface area (Å²) in [6, 6.07) is 30.2. The van der Waals surface area contributed by atoms with Crippen molar-refractivity contribution in [3.8, 4) is 0 Å². The topological polar surface area (TPSA) is 67.3 Å². The van der Waals surface area contributed by atoms with Crippen LogP contribution in [0.4, 0.5) is 5.69 Å². The molecule has 0 aliphatic rings. The minimum atomic E-state index is -4.13. The van der Waals surface area contributed by atoms with Gasteiger partial charge in [0.2, 0.25) is 5.91 Å². The van der Waals surface area contributed by atoms with Crippen LogP contribution in [0.25, 0.3) is 21.8 Å². The number of sulfonamides is 1. The first-order valence-corrected chi connectivity index (χ1v) is 12.4. The highest BCUT2D eigenvalue weighted by Crippen LogP contribution is 2.30.